The Bertz CT molecular complexity index is 966. The van der Waals surface area contributed by atoms with Crippen LogP contribution in [-0.2, 0) is 13.5 Å². The number of aryl methyl sites for hydroxylation is 1. The second-order valence-corrected chi connectivity index (χ2v) is 6.89. The van der Waals surface area contributed by atoms with Crippen LogP contribution < -0.4 is 5.56 Å². The van der Waals surface area contributed by atoms with E-state index in [-0.39, 0.29) is 5.56 Å². The molecule has 1 saturated heterocycles. The van der Waals surface area contributed by atoms with Gasteiger partial charge in [-0.25, -0.2) is 4.39 Å². The number of halogens is 1. The van der Waals surface area contributed by atoms with Gasteiger partial charge in [-0.15, -0.1) is 0 Å². The molecule has 3 aromatic rings. The molecule has 2 aromatic heterocycles. The van der Waals surface area contributed by atoms with Crippen molar-refractivity contribution in [2.45, 2.75) is 19.3 Å². The Labute approximate surface area is 139 Å². The molecule has 0 radical (unpaired) electrons. The zero-order chi connectivity index (χ0) is 16.8. The highest BCUT2D eigenvalue weighted by Crippen LogP contribution is 2.28. The molecule has 1 fully saturated rings. The minimum atomic E-state index is -0.395. The summed E-state index contributed by atoms with van der Waals surface area (Å²) >= 11 is 0. The Kier molecular flexibility index (Phi) is 3.64. The Morgan fingerprint density at radius 1 is 1.25 bits per heavy atom. The second kappa shape index (κ2) is 5.70. The Morgan fingerprint density at radius 3 is 2.75 bits per heavy atom. The molecule has 0 bridgehead atoms. The van der Waals surface area contributed by atoms with E-state index in [0.29, 0.717) is 17.0 Å². The first kappa shape index (κ1) is 15.3. The summed E-state index contributed by atoms with van der Waals surface area (Å²) in [6.45, 7) is 2.22. The van der Waals surface area contributed by atoms with Crippen LogP contribution in [0.1, 0.15) is 18.5 Å². The predicted molar refractivity (Wildman–Crippen MR) is 92.7 cm³/mol. The molecule has 1 aliphatic rings. The molecule has 0 amide bonds. The molecule has 3 heterocycles. The lowest BCUT2D eigenvalue weighted by Gasteiger charge is -2.28. The van der Waals surface area contributed by atoms with Crippen LogP contribution >= 0.6 is 0 Å². The molecule has 1 N–H and O–H groups in total. The summed E-state index contributed by atoms with van der Waals surface area (Å²) in [5.41, 5.74) is 1.43. The van der Waals surface area contributed by atoms with Crippen LogP contribution in [0.25, 0.3) is 21.8 Å². The van der Waals surface area contributed by atoms with Crippen molar-refractivity contribution in [2.75, 3.05) is 20.1 Å². The van der Waals surface area contributed by atoms with E-state index in [0.717, 1.165) is 48.8 Å². The van der Waals surface area contributed by atoms with Crippen LogP contribution in [-0.4, -0.2) is 39.8 Å². The number of likely N-dealkylation sites (tertiary alicyclic amines) is 1. The Morgan fingerprint density at radius 2 is 2.00 bits per heavy atom. The van der Waals surface area contributed by atoms with Gasteiger partial charge in [0.25, 0.3) is 5.56 Å². The maximum atomic E-state index is 13.6. The summed E-state index contributed by atoms with van der Waals surface area (Å²) in [5, 5.41) is 6.78. The highest BCUT2D eigenvalue weighted by Gasteiger charge is 2.21. The molecule has 5 nitrogen and oxygen atoms in total. The van der Waals surface area contributed by atoms with Gasteiger partial charge in [0.1, 0.15) is 11.5 Å². The van der Waals surface area contributed by atoms with Gasteiger partial charge in [-0.1, -0.05) is 6.07 Å². The molecule has 1 aromatic carbocycles. The maximum absolute atomic E-state index is 13.6. The van der Waals surface area contributed by atoms with Crippen molar-refractivity contribution in [1.29, 1.82) is 0 Å². The number of nitrogens with zero attached hydrogens (tertiary/aromatic N) is 3. The quantitative estimate of drug-likeness (QED) is 0.786. The van der Waals surface area contributed by atoms with Gasteiger partial charge in [0, 0.05) is 17.8 Å². The average molecular weight is 328 g/mol. The number of aromatic nitrogens is 3. The summed E-state index contributed by atoms with van der Waals surface area (Å²) in [7, 11) is 3.99. The number of nitrogens with one attached hydrogen (secondary N) is 1. The lowest BCUT2D eigenvalue weighted by molar-refractivity contribution is 0.218. The third kappa shape index (κ3) is 2.51. The van der Waals surface area contributed by atoms with E-state index < -0.39 is 5.82 Å². The highest BCUT2D eigenvalue weighted by molar-refractivity contribution is 6.05. The fourth-order valence-corrected chi connectivity index (χ4v) is 3.79. The van der Waals surface area contributed by atoms with Crippen molar-refractivity contribution in [3.63, 3.8) is 0 Å². The molecule has 6 heteroatoms. The van der Waals surface area contributed by atoms with E-state index in [4.69, 9.17) is 0 Å². The van der Waals surface area contributed by atoms with Gasteiger partial charge in [-0.3, -0.25) is 9.48 Å². The van der Waals surface area contributed by atoms with Gasteiger partial charge in [0.05, 0.1) is 11.1 Å². The van der Waals surface area contributed by atoms with Crippen molar-refractivity contribution in [1.82, 2.24) is 19.7 Å². The van der Waals surface area contributed by atoms with Gasteiger partial charge in [-0.05, 0) is 57.5 Å². The number of H-pyrrole nitrogens is 1. The molecule has 0 aliphatic carbocycles. The van der Waals surface area contributed by atoms with Gasteiger partial charge < -0.3 is 9.88 Å². The molecule has 126 valence electrons. The minimum absolute atomic E-state index is 0.272. The molecule has 0 unspecified atom stereocenters. The number of benzene rings is 1. The minimum Gasteiger partial charge on any atom is -0.306 e. The van der Waals surface area contributed by atoms with E-state index in [1.807, 2.05) is 7.05 Å². The van der Waals surface area contributed by atoms with Gasteiger partial charge in [0.15, 0.2) is 0 Å². The third-order valence-electron chi connectivity index (χ3n) is 5.17. The molecule has 24 heavy (non-hydrogen) atoms. The number of fused-ring (bicyclic) bond motifs is 3. The fraction of sp³-hybridized carbons (Fsp3) is 0.444. The first-order valence-electron chi connectivity index (χ1n) is 8.38. The highest BCUT2D eigenvalue weighted by atomic mass is 19.1. The maximum Gasteiger partial charge on any atom is 0.257 e. The number of aromatic amines is 1. The van der Waals surface area contributed by atoms with Crippen molar-refractivity contribution in [3.8, 4) is 0 Å². The van der Waals surface area contributed by atoms with Crippen LogP contribution in [0.3, 0.4) is 0 Å². The molecule has 1 aliphatic heterocycles. The van der Waals surface area contributed by atoms with Crippen molar-refractivity contribution in [2.24, 2.45) is 13.0 Å². The van der Waals surface area contributed by atoms with Crippen LogP contribution in [0.4, 0.5) is 4.39 Å². The molecule has 4 rings (SSSR count). The number of piperidine rings is 1. The zero-order valence-electron chi connectivity index (χ0n) is 14.0. The molecule has 0 saturated carbocycles. The van der Waals surface area contributed by atoms with Gasteiger partial charge >= 0.3 is 0 Å². The second-order valence-electron chi connectivity index (χ2n) is 6.89. The monoisotopic (exact) mass is 328 g/mol. The van der Waals surface area contributed by atoms with Crippen molar-refractivity contribution in [3.05, 3.63) is 40.1 Å². The molecule has 0 atom stereocenters. The largest absolute Gasteiger partial charge is 0.306 e. The van der Waals surface area contributed by atoms with E-state index in [9.17, 15) is 9.18 Å². The number of pyridine rings is 1. The average Bonchev–Trinajstić information content (AvgIpc) is 2.86. The number of rotatable bonds is 2. The number of hydrogen-bond donors (Lipinski definition) is 1. The van der Waals surface area contributed by atoms with Crippen LogP contribution in [0, 0.1) is 11.7 Å². The molecule has 0 spiro atoms. The summed E-state index contributed by atoms with van der Waals surface area (Å²) in [6, 6.07) is 4.41. The van der Waals surface area contributed by atoms with Crippen LogP contribution in [0.5, 0.6) is 0 Å². The zero-order valence-corrected chi connectivity index (χ0v) is 14.0. The normalized spacial score (nSPS) is 17.1. The topological polar surface area (TPSA) is 53.9 Å². The molecular formula is C18H21FN4O. The first-order chi connectivity index (χ1) is 11.5. The van der Waals surface area contributed by atoms with E-state index in [2.05, 4.69) is 22.0 Å². The van der Waals surface area contributed by atoms with E-state index in [1.54, 1.807) is 10.7 Å². The summed E-state index contributed by atoms with van der Waals surface area (Å²) in [4.78, 5) is 17.5. The SMILES string of the molecule is CN1CCC(Cc2nn(C)c3[nH]c(=O)c4cc(F)ccc4c23)CC1. The Balaban J connectivity index is 1.85. The predicted octanol–water partition coefficient (Wildman–Crippen LogP) is 2.44. The lowest BCUT2D eigenvalue weighted by Crippen LogP contribution is -2.31. The first-order valence-corrected chi connectivity index (χ1v) is 8.38. The van der Waals surface area contributed by atoms with E-state index >= 15 is 0 Å². The van der Waals surface area contributed by atoms with Gasteiger partial charge in [0.2, 0.25) is 0 Å². The van der Waals surface area contributed by atoms with Gasteiger partial charge in [-0.2, -0.15) is 5.10 Å². The van der Waals surface area contributed by atoms with Crippen LogP contribution in [0.2, 0.25) is 0 Å². The van der Waals surface area contributed by atoms with E-state index in [1.165, 1.54) is 12.1 Å². The Hall–Kier alpha value is -2.21. The van der Waals surface area contributed by atoms with Crippen molar-refractivity contribution < 1.29 is 4.39 Å². The fourth-order valence-electron chi connectivity index (χ4n) is 3.79. The summed E-state index contributed by atoms with van der Waals surface area (Å²) in [5.74, 6) is 0.204. The third-order valence-corrected chi connectivity index (χ3v) is 5.17. The lowest BCUT2D eigenvalue weighted by atomic mass is 9.91. The molecular weight excluding hydrogens is 307 g/mol. The summed E-state index contributed by atoms with van der Waals surface area (Å²) < 4.78 is 15.3. The standard InChI is InChI=1S/C18H21FN4O/c1-22-7-5-11(6-8-22)9-15-16-13-4-3-12(19)10-14(13)18(24)20-17(16)23(2)21-15/h3-4,10-11H,5-9H2,1-2H3,(H,20,24). The number of hydrogen-bond acceptors (Lipinski definition) is 3. The summed E-state index contributed by atoms with van der Waals surface area (Å²) in [6.07, 6.45) is 3.21. The smallest absolute Gasteiger partial charge is 0.257 e. The van der Waals surface area contributed by atoms with Crippen LogP contribution in [0.15, 0.2) is 23.0 Å². The van der Waals surface area contributed by atoms with Crippen molar-refractivity contribution >= 4 is 21.8 Å².